The van der Waals surface area contributed by atoms with Gasteiger partial charge in [-0.1, -0.05) is 279 Å². The third-order valence-corrected chi connectivity index (χ3v) is 13.3. The number of carbonyl (C=O) groups is 3. The molecule has 0 aliphatic heterocycles. The highest BCUT2D eigenvalue weighted by Crippen LogP contribution is 2.16. The van der Waals surface area contributed by atoms with Crippen molar-refractivity contribution in [2.45, 2.75) is 303 Å². The number of ether oxygens (including phenoxy) is 3. The lowest BCUT2D eigenvalue weighted by Gasteiger charge is -2.18. The molecule has 0 aromatic carbocycles. The van der Waals surface area contributed by atoms with Crippen LogP contribution in [0.4, 0.5) is 0 Å². The molecule has 0 amide bonds. The van der Waals surface area contributed by atoms with Crippen LogP contribution in [-0.4, -0.2) is 37.2 Å². The molecule has 0 saturated carbocycles. The molecule has 424 valence electrons. The minimum absolute atomic E-state index is 0.0769. The van der Waals surface area contributed by atoms with Crippen LogP contribution < -0.4 is 0 Å². The van der Waals surface area contributed by atoms with E-state index in [4.69, 9.17) is 14.2 Å². The molecule has 0 saturated heterocycles. The Morgan fingerprint density at radius 3 is 0.878 bits per heavy atom. The summed E-state index contributed by atoms with van der Waals surface area (Å²) in [6, 6.07) is 0. The highest BCUT2D eigenvalue weighted by molar-refractivity contribution is 5.71. The molecular formula is C68H116O6. The molecule has 74 heavy (non-hydrogen) atoms. The topological polar surface area (TPSA) is 78.9 Å². The second kappa shape index (κ2) is 61.9. The Bertz CT molecular complexity index is 1460. The van der Waals surface area contributed by atoms with Crippen molar-refractivity contribution in [3.8, 4) is 0 Å². The van der Waals surface area contributed by atoms with E-state index >= 15 is 0 Å². The second-order valence-electron chi connectivity index (χ2n) is 20.6. The van der Waals surface area contributed by atoms with Crippen LogP contribution in [0, 0.1) is 0 Å². The fourth-order valence-corrected chi connectivity index (χ4v) is 8.64. The first-order chi connectivity index (χ1) is 36.5. The summed E-state index contributed by atoms with van der Waals surface area (Å²) in [7, 11) is 0. The molecule has 0 aliphatic carbocycles. The third-order valence-electron chi connectivity index (χ3n) is 13.3. The minimum atomic E-state index is -0.777. The molecule has 0 spiro atoms. The smallest absolute Gasteiger partial charge is 0.306 e. The van der Waals surface area contributed by atoms with Crippen LogP contribution in [0.3, 0.4) is 0 Å². The summed E-state index contributed by atoms with van der Waals surface area (Å²) in [5.74, 6) is -0.883. The van der Waals surface area contributed by atoms with E-state index in [0.29, 0.717) is 19.3 Å². The SMILES string of the molecule is CC/C=C\C/C=C\C/C=C\C/C=C\C/C=C\C/C=C\C/C=C\CCCCCCCCCCCCCCCC(=O)OCC(COC(=O)CCCCCCCCCCCC)OC(=O)CCCCCCC/C=C\CCCC. The van der Waals surface area contributed by atoms with E-state index in [9.17, 15) is 14.4 Å². The quantitative estimate of drug-likeness (QED) is 0.0261. The molecule has 0 N–H and O–H groups in total. The summed E-state index contributed by atoms with van der Waals surface area (Å²) in [6.07, 6.45) is 82.9. The Hall–Kier alpha value is -3.67. The molecule has 0 radical (unpaired) electrons. The molecule has 0 fully saturated rings. The van der Waals surface area contributed by atoms with Crippen LogP contribution in [0.2, 0.25) is 0 Å². The number of esters is 3. The van der Waals surface area contributed by atoms with Crippen LogP contribution in [0.5, 0.6) is 0 Å². The van der Waals surface area contributed by atoms with Crippen LogP contribution in [-0.2, 0) is 28.6 Å². The van der Waals surface area contributed by atoms with E-state index in [1.807, 2.05) is 0 Å². The van der Waals surface area contributed by atoms with Gasteiger partial charge in [-0.3, -0.25) is 14.4 Å². The van der Waals surface area contributed by atoms with Crippen molar-refractivity contribution in [1.82, 2.24) is 0 Å². The second-order valence-corrected chi connectivity index (χ2v) is 20.6. The zero-order valence-electron chi connectivity index (χ0n) is 48.6. The molecule has 0 heterocycles. The van der Waals surface area contributed by atoms with Gasteiger partial charge < -0.3 is 14.2 Å². The van der Waals surface area contributed by atoms with E-state index in [-0.39, 0.29) is 31.1 Å². The highest BCUT2D eigenvalue weighted by atomic mass is 16.6. The molecule has 0 aromatic heterocycles. The maximum Gasteiger partial charge on any atom is 0.306 e. The van der Waals surface area contributed by atoms with Crippen LogP contribution in [0.1, 0.15) is 297 Å². The number of unbranched alkanes of at least 4 members (excludes halogenated alkanes) is 29. The van der Waals surface area contributed by atoms with Crippen molar-refractivity contribution in [1.29, 1.82) is 0 Å². The fourth-order valence-electron chi connectivity index (χ4n) is 8.64. The molecule has 0 aromatic rings. The Balaban J connectivity index is 4.05. The summed E-state index contributed by atoms with van der Waals surface area (Å²) in [4.78, 5) is 38.0. The summed E-state index contributed by atoms with van der Waals surface area (Å²) < 4.78 is 16.8. The van der Waals surface area contributed by atoms with Gasteiger partial charge in [0.2, 0.25) is 0 Å². The average Bonchev–Trinajstić information content (AvgIpc) is 3.40. The minimum Gasteiger partial charge on any atom is -0.462 e. The van der Waals surface area contributed by atoms with Gasteiger partial charge in [0.25, 0.3) is 0 Å². The molecule has 0 bridgehead atoms. The Morgan fingerprint density at radius 2 is 0.541 bits per heavy atom. The third kappa shape index (κ3) is 59.2. The summed E-state index contributed by atoms with van der Waals surface area (Å²) in [6.45, 7) is 6.48. The normalized spacial score (nSPS) is 12.7. The average molecular weight is 1030 g/mol. The predicted molar refractivity (Wildman–Crippen MR) is 320 cm³/mol. The van der Waals surface area contributed by atoms with E-state index in [0.717, 1.165) is 116 Å². The lowest BCUT2D eigenvalue weighted by Crippen LogP contribution is -2.30. The first-order valence-corrected chi connectivity index (χ1v) is 31.2. The van der Waals surface area contributed by atoms with Gasteiger partial charge in [-0.05, 0) is 96.3 Å². The van der Waals surface area contributed by atoms with Crippen molar-refractivity contribution in [2.24, 2.45) is 0 Å². The molecule has 6 nitrogen and oxygen atoms in total. The Labute approximate surface area is 457 Å². The summed E-state index contributed by atoms with van der Waals surface area (Å²) >= 11 is 0. The predicted octanol–water partition coefficient (Wildman–Crippen LogP) is 21.3. The zero-order chi connectivity index (χ0) is 53.6. The van der Waals surface area contributed by atoms with Crippen molar-refractivity contribution in [3.05, 3.63) is 97.2 Å². The maximum absolute atomic E-state index is 12.8. The summed E-state index contributed by atoms with van der Waals surface area (Å²) in [5.41, 5.74) is 0. The van der Waals surface area contributed by atoms with Crippen LogP contribution >= 0.6 is 0 Å². The fraction of sp³-hybridized carbons (Fsp3) is 0.721. The number of hydrogen-bond acceptors (Lipinski definition) is 6. The Kier molecular flexibility index (Phi) is 58.8. The lowest BCUT2D eigenvalue weighted by molar-refractivity contribution is -0.167. The van der Waals surface area contributed by atoms with Crippen molar-refractivity contribution >= 4 is 17.9 Å². The van der Waals surface area contributed by atoms with Gasteiger partial charge >= 0.3 is 17.9 Å². The number of rotatable bonds is 56. The van der Waals surface area contributed by atoms with Gasteiger partial charge in [0, 0.05) is 19.3 Å². The standard InChI is InChI=1S/C68H116O6/c1-4-7-10-13-16-19-22-23-24-25-26-27-28-29-30-31-32-33-34-35-36-37-38-39-40-41-42-43-44-45-47-49-52-55-58-61-67(70)73-64-65(63-72-66(69)60-57-54-51-48-21-18-15-12-9-6-3)74-68(71)62-59-56-53-50-46-20-17-14-11-8-5-2/h7,10,14,16-17,19,23-24,26-27,29-30,32-33,35-36,65H,4-6,8-9,11-13,15,18,20-22,25,28,31,34,37-64H2,1-3H3/b10-7-,17-14-,19-16-,24-23-,27-26-,30-29-,33-32-,36-35-. The monoisotopic (exact) mass is 1030 g/mol. The lowest BCUT2D eigenvalue weighted by atomic mass is 10.0. The van der Waals surface area contributed by atoms with Gasteiger partial charge in [0.15, 0.2) is 6.10 Å². The van der Waals surface area contributed by atoms with Crippen molar-refractivity contribution in [3.63, 3.8) is 0 Å². The largest absolute Gasteiger partial charge is 0.462 e. The molecule has 1 atom stereocenters. The van der Waals surface area contributed by atoms with E-state index in [2.05, 4.69) is 118 Å². The molecule has 0 rings (SSSR count). The molecular weight excluding hydrogens is 913 g/mol. The van der Waals surface area contributed by atoms with Crippen molar-refractivity contribution < 1.29 is 28.6 Å². The molecule has 1 unspecified atom stereocenters. The van der Waals surface area contributed by atoms with Crippen molar-refractivity contribution in [2.75, 3.05) is 13.2 Å². The molecule has 6 heteroatoms. The number of allylic oxidation sites excluding steroid dienone is 16. The van der Waals surface area contributed by atoms with Gasteiger partial charge in [0.1, 0.15) is 13.2 Å². The summed E-state index contributed by atoms with van der Waals surface area (Å²) in [5, 5.41) is 0. The van der Waals surface area contributed by atoms with Gasteiger partial charge in [0.05, 0.1) is 0 Å². The highest BCUT2D eigenvalue weighted by Gasteiger charge is 2.19. The Morgan fingerprint density at radius 1 is 0.284 bits per heavy atom. The first-order valence-electron chi connectivity index (χ1n) is 31.2. The maximum atomic E-state index is 12.8. The van der Waals surface area contributed by atoms with E-state index < -0.39 is 6.10 Å². The molecule has 0 aliphatic rings. The van der Waals surface area contributed by atoms with Gasteiger partial charge in [-0.15, -0.1) is 0 Å². The van der Waals surface area contributed by atoms with Gasteiger partial charge in [-0.2, -0.15) is 0 Å². The van der Waals surface area contributed by atoms with Crippen LogP contribution in [0.15, 0.2) is 97.2 Å². The van der Waals surface area contributed by atoms with Gasteiger partial charge in [-0.25, -0.2) is 0 Å². The van der Waals surface area contributed by atoms with Crippen LogP contribution in [0.25, 0.3) is 0 Å². The van der Waals surface area contributed by atoms with E-state index in [1.54, 1.807) is 0 Å². The number of hydrogen-bond donors (Lipinski definition) is 0. The first kappa shape index (κ1) is 70.3. The zero-order valence-corrected chi connectivity index (χ0v) is 48.6. The van der Waals surface area contributed by atoms with E-state index in [1.165, 1.54) is 141 Å². The number of carbonyl (C=O) groups excluding carboxylic acids is 3.